The number of nitrogens with zero attached hydrogens (tertiary/aromatic N) is 1. The average Bonchev–Trinajstić information content (AvgIpc) is 3.32. The van der Waals surface area contributed by atoms with Crippen molar-refractivity contribution in [2.24, 2.45) is 0 Å². The summed E-state index contributed by atoms with van der Waals surface area (Å²) in [7, 11) is -2.08. The van der Waals surface area contributed by atoms with E-state index in [2.05, 4.69) is 10.8 Å². The molecule has 0 spiro atoms. The predicted octanol–water partition coefficient (Wildman–Crippen LogP) is 2.65. The molecule has 140 valence electrons. The summed E-state index contributed by atoms with van der Waals surface area (Å²) in [5, 5.41) is 2.02. The molecule has 26 heavy (non-hydrogen) atoms. The first kappa shape index (κ1) is 19.0. The van der Waals surface area contributed by atoms with Gasteiger partial charge in [-0.3, -0.25) is 4.79 Å². The highest BCUT2D eigenvalue weighted by atomic mass is 32.2. The number of hydrogen-bond donors (Lipinski definition) is 1. The molecule has 1 atom stereocenters. The van der Waals surface area contributed by atoms with Crippen molar-refractivity contribution < 1.29 is 17.9 Å². The zero-order valence-corrected chi connectivity index (χ0v) is 16.2. The Labute approximate surface area is 157 Å². The minimum Gasteiger partial charge on any atom is -0.383 e. The van der Waals surface area contributed by atoms with Gasteiger partial charge in [0.05, 0.1) is 17.5 Å². The molecule has 0 saturated carbocycles. The predicted molar refractivity (Wildman–Crippen MR) is 101 cm³/mol. The SMILES string of the molecule is COCCNS(=O)(=O)c1ccc(C(=O)N2CCCC2c2cccs2)cc1. The molecule has 0 radical (unpaired) electrons. The van der Waals surface area contributed by atoms with Gasteiger partial charge in [0.1, 0.15) is 0 Å². The molecule has 3 rings (SSSR count). The van der Waals surface area contributed by atoms with Gasteiger partial charge in [-0.1, -0.05) is 6.07 Å². The van der Waals surface area contributed by atoms with Gasteiger partial charge in [0.2, 0.25) is 10.0 Å². The number of carbonyl (C=O) groups is 1. The number of carbonyl (C=O) groups excluding carboxylic acids is 1. The van der Waals surface area contributed by atoms with Crippen molar-refractivity contribution >= 4 is 27.3 Å². The lowest BCUT2D eigenvalue weighted by molar-refractivity contribution is 0.0738. The van der Waals surface area contributed by atoms with Crippen molar-refractivity contribution in [3.8, 4) is 0 Å². The van der Waals surface area contributed by atoms with Crippen molar-refractivity contribution in [2.45, 2.75) is 23.8 Å². The maximum atomic E-state index is 12.9. The molecule has 1 aliphatic rings. The van der Waals surface area contributed by atoms with Crippen molar-refractivity contribution in [2.75, 3.05) is 26.8 Å². The highest BCUT2D eigenvalue weighted by Gasteiger charge is 2.31. The van der Waals surface area contributed by atoms with E-state index in [-0.39, 0.29) is 23.4 Å². The van der Waals surface area contributed by atoms with Gasteiger partial charge in [0.15, 0.2) is 0 Å². The van der Waals surface area contributed by atoms with Crippen LogP contribution in [-0.4, -0.2) is 46.0 Å². The van der Waals surface area contributed by atoms with Crippen molar-refractivity contribution in [1.82, 2.24) is 9.62 Å². The minimum absolute atomic E-state index is 0.0582. The fourth-order valence-corrected chi connectivity index (χ4v) is 4.98. The molecule has 2 aromatic rings. The number of methoxy groups -OCH3 is 1. The second-order valence-electron chi connectivity index (χ2n) is 6.09. The molecule has 1 N–H and O–H groups in total. The lowest BCUT2D eigenvalue weighted by Gasteiger charge is -2.24. The smallest absolute Gasteiger partial charge is 0.254 e. The molecule has 0 aliphatic carbocycles. The Morgan fingerprint density at radius 3 is 2.73 bits per heavy atom. The Morgan fingerprint density at radius 1 is 1.31 bits per heavy atom. The van der Waals surface area contributed by atoms with Crippen LogP contribution >= 0.6 is 11.3 Å². The van der Waals surface area contributed by atoms with Crippen LogP contribution < -0.4 is 4.72 Å². The monoisotopic (exact) mass is 394 g/mol. The Balaban J connectivity index is 1.73. The van der Waals surface area contributed by atoms with Crippen LogP contribution in [0.1, 0.15) is 34.1 Å². The van der Waals surface area contributed by atoms with Gasteiger partial charge in [-0.05, 0) is 48.6 Å². The van der Waals surface area contributed by atoms with E-state index in [1.54, 1.807) is 23.5 Å². The molecule has 1 amide bonds. The van der Waals surface area contributed by atoms with Gasteiger partial charge in [0.25, 0.3) is 5.91 Å². The van der Waals surface area contributed by atoms with Gasteiger partial charge < -0.3 is 9.64 Å². The van der Waals surface area contributed by atoms with Gasteiger partial charge >= 0.3 is 0 Å². The maximum Gasteiger partial charge on any atom is 0.254 e. The zero-order valence-electron chi connectivity index (χ0n) is 14.6. The Kier molecular flexibility index (Phi) is 6.08. The number of nitrogens with one attached hydrogen (secondary N) is 1. The lowest BCUT2D eigenvalue weighted by atomic mass is 10.1. The van der Waals surface area contributed by atoms with Crippen LogP contribution in [0.2, 0.25) is 0 Å². The van der Waals surface area contributed by atoms with Gasteiger partial charge in [-0.25, -0.2) is 13.1 Å². The molecular weight excluding hydrogens is 372 g/mol. The first-order valence-electron chi connectivity index (χ1n) is 8.46. The second kappa shape index (κ2) is 8.30. The Hall–Kier alpha value is -1.74. The van der Waals surface area contributed by atoms with Crippen LogP contribution in [0.25, 0.3) is 0 Å². The molecule has 1 saturated heterocycles. The first-order chi connectivity index (χ1) is 12.5. The van der Waals surface area contributed by atoms with E-state index in [1.165, 1.54) is 24.1 Å². The number of likely N-dealkylation sites (tertiary alicyclic amines) is 1. The number of amides is 1. The number of sulfonamides is 1. The second-order valence-corrected chi connectivity index (χ2v) is 8.83. The standard InChI is InChI=1S/C18H22N2O4S2/c1-24-12-10-19-26(22,23)15-8-6-14(7-9-15)18(21)20-11-2-4-16(20)17-5-3-13-25-17/h3,5-9,13,16,19H,2,4,10-12H2,1H3. The van der Waals surface area contributed by atoms with Gasteiger partial charge in [-0.15, -0.1) is 11.3 Å². The zero-order chi connectivity index (χ0) is 18.6. The van der Waals surface area contributed by atoms with Crippen molar-refractivity contribution in [1.29, 1.82) is 0 Å². The highest BCUT2D eigenvalue weighted by molar-refractivity contribution is 7.89. The van der Waals surface area contributed by atoms with Crippen LogP contribution in [0.15, 0.2) is 46.7 Å². The van der Waals surface area contributed by atoms with E-state index in [0.717, 1.165) is 19.4 Å². The largest absolute Gasteiger partial charge is 0.383 e. The van der Waals surface area contributed by atoms with Crippen LogP contribution in [-0.2, 0) is 14.8 Å². The number of ether oxygens (including phenoxy) is 1. The van der Waals surface area contributed by atoms with Crippen LogP contribution in [0, 0.1) is 0 Å². The van der Waals surface area contributed by atoms with Crippen molar-refractivity contribution in [3.63, 3.8) is 0 Å². The summed E-state index contributed by atoms with van der Waals surface area (Å²) in [5.74, 6) is -0.0582. The van der Waals surface area contributed by atoms with E-state index in [4.69, 9.17) is 4.74 Å². The van der Waals surface area contributed by atoms with E-state index in [1.807, 2.05) is 16.3 Å². The van der Waals surface area contributed by atoms with Gasteiger partial charge in [-0.2, -0.15) is 0 Å². The number of rotatable bonds is 7. The molecule has 1 aliphatic heterocycles. The topological polar surface area (TPSA) is 75.7 Å². The maximum absolute atomic E-state index is 12.9. The van der Waals surface area contributed by atoms with E-state index in [0.29, 0.717) is 12.2 Å². The first-order valence-corrected chi connectivity index (χ1v) is 10.8. The summed E-state index contributed by atoms with van der Waals surface area (Å²) < 4.78 is 31.7. The average molecular weight is 395 g/mol. The van der Waals surface area contributed by atoms with Crippen molar-refractivity contribution in [3.05, 3.63) is 52.2 Å². The van der Waals surface area contributed by atoms with E-state index >= 15 is 0 Å². The summed E-state index contributed by atoms with van der Waals surface area (Å²) in [4.78, 5) is 16.1. The number of hydrogen-bond acceptors (Lipinski definition) is 5. The summed E-state index contributed by atoms with van der Waals surface area (Å²) >= 11 is 1.66. The highest BCUT2D eigenvalue weighted by Crippen LogP contribution is 2.35. The molecule has 1 fully saturated rings. The molecule has 8 heteroatoms. The molecule has 1 aromatic heterocycles. The fourth-order valence-electron chi connectivity index (χ4n) is 3.09. The third kappa shape index (κ3) is 4.15. The summed E-state index contributed by atoms with van der Waals surface area (Å²) in [6.07, 6.45) is 1.94. The third-order valence-electron chi connectivity index (χ3n) is 4.40. The molecular formula is C18H22N2O4S2. The third-order valence-corrected chi connectivity index (χ3v) is 6.85. The number of benzene rings is 1. The summed E-state index contributed by atoms with van der Waals surface area (Å²) in [6.45, 7) is 1.23. The van der Waals surface area contributed by atoms with E-state index in [9.17, 15) is 13.2 Å². The number of thiophene rings is 1. The van der Waals surface area contributed by atoms with E-state index < -0.39 is 10.0 Å². The molecule has 1 unspecified atom stereocenters. The quantitative estimate of drug-likeness (QED) is 0.733. The minimum atomic E-state index is -3.59. The molecule has 2 heterocycles. The summed E-state index contributed by atoms with van der Waals surface area (Å²) in [6, 6.07) is 10.3. The lowest BCUT2D eigenvalue weighted by Crippen LogP contribution is -2.30. The summed E-state index contributed by atoms with van der Waals surface area (Å²) in [5.41, 5.74) is 0.504. The van der Waals surface area contributed by atoms with Gasteiger partial charge in [0, 0.05) is 30.6 Å². The van der Waals surface area contributed by atoms with Crippen LogP contribution in [0.3, 0.4) is 0 Å². The normalized spacial score (nSPS) is 17.6. The molecule has 0 bridgehead atoms. The Morgan fingerprint density at radius 2 is 2.08 bits per heavy atom. The van der Waals surface area contributed by atoms with Crippen LogP contribution in [0.4, 0.5) is 0 Å². The molecule has 1 aromatic carbocycles. The molecule has 6 nitrogen and oxygen atoms in total. The fraction of sp³-hybridized carbons (Fsp3) is 0.389. The Bertz CT molecular complexity index is 833. The van der Waals surface area contributed by atoms with Crippen LogP contribution in [0.5, 0.6) is 0 Å².